The monoisotopic (exact) mass is 263 g/mol. The topological polar surface area (TPSA) is 92.6 Å². The van der Waals surface area contributed by atoms with Crippen LogP contribution in [-0.2, 0) is 0 Å². The van der Waals surface area contributed by atoms with Crippen molar-refractivity contribution in [3.63, 3.8) is 0 Å². The van der Waals surface area contributed by atoms with Crippen molar-refractivity contribution in [3.8, 4) is 0 Å². The van der Waals surface area contributed by atoms with Crippen LogP contribution in [0.3, 0.4) is 0 Å². The van der Waals surface area contributed by atoms with Crippen molar-refractivity contribution in [2.24, 2.45) is 0 Å². The Morgan fingerprint density at radius 3 is 3.11 bits per heavy atom. The van der Waals surface area contributed by atoms with E-state index in [0.717, 1.165) is 19.4 Å². The summed E-state index contributed by atoms with van der Waals surface area (Å²) in [7, 11) is 0. The SMILES string of the molecule is O=[N+]([O-])c1ccc2oc(N3CCCC(O)C3)nc2c1. The van der Waals surface area contributed by atoms with E-state index in [2.05, 4.69) is 4.98 Å². The van der Waals surface area contributed by atoms with Crippen LogP contribution in [0.1, 0.15) is 12.8 Å². The Kier molecular flexibility index (Phi) is 2.83. The molecule has 1 unspecified atom stereocenters. The molecule has 2 aromatic rings. The number of nitro groups is 1. The van der Waals surface area contributed by atoms with Crippen LogP contribution in [-0.4, -0.2) is 34.2 Å². The van der Waals surface area contributed by atoms with E-state index in [1.165, 1.54) is 12.1 Å². The van der Waals surface area contributed by atoms with Gasteiger partial charge in [0.15, 0.2) is 5.58 Å². The van der Waals surface area contributed by atoms with Crippen LogP contribution in [0, 0.1) is 10.1 Å². The van der Waals surface area contributed by atoms with Crippen molar-refractivity contribution in [3.05, 3.63) is 28.3 Å². The number of oxazole rings is 1. The van der Waals surface area contributed by atoms with Gasteiger partial charge in [-0.1, -0.05) is 0 Å². The van der Waals surface area contributed by atoms with Gasteiger partial charge >= 0.3 is 0 Å². The molecule has 3 rings (SSSR count). The highest BCUT2D eigenvalue weighted by atomic mass is 16.6. The van der Waals surface area contributed by atoms with Gasteiger partial charge in [-0.05, 0) is 18.9 Å². The highest BCUT2D eigenvalue weighted by molar-refractivity contribution is 5.77. The van der Waals surface area contributed by atoms with Crippen LogP contribution in [0.15, 0.2) is 22.6 Å². The molecule has 7 nitrogen and oxygen atoms in total. The van der Waals surface area contributed by atoms with Crippen molar-refractivity contribution in [1.29, 1.82) is 0 Å². The lowest BCUT2D eigenvalue weighted by Gasteiger charge is -2.28. The first kappa shape index (κ1) is 11.9. The first-order chi connectivity index (χ1) is 9.13. The minimum Gasteiger partial charge on any atom is -0.423 e. The molecule has 0 spiro atoms. The number of aromatic nitrogens is 1. The van der Waals surface area contributed by atoms with Gasteiger partial charge in [-0.3, -0.25) is 10.1 Å². The van der Waals surface area contributed by atoms with Gasteiger partial charge in [0.05, 0.1) is 11.0 Å². The van der Waals surface area contributed by atoms with E-state index in [4.69, 9.17) is 4.42 Å². The van der Waals surface area contributed by atoms with Crippen molar-refractivity contribution in [2.75, 3.05) is 18.0 Å². The molecular formula is C12H13N3O4. The zero-order chi connectivity index (χ0) is 13.4. The lowest BCUT2D eigenvalue weighted by atomic mass is 10.1. The standard InChI is InChI=1S/C12H13N3O4/c16-9-2-1-5-14(7-9)12-13-10-6-8(15(17)18)3-4-11(10)19-12/h3-4,6,9,16H,1-2,5,7H2. The molecule has 7 heteroatoms. The number of aliphatic hydroxyl groups is 1. The zero-order valence-electron chi connectivity index (χ0n) is 10.2. The average molecular weight is 263 g/mol. The van der Waals surface area contributed by atoms with Gasteiger partial charge in [0, 0.05) is 25.2 Å². The minimum atomic E-state index is -0.460. The number of nitro benzene ring substituents is 1. The van der Waals surface area contributed by atoms with Crippen LogP contribution >= 0.6 is 0 Å². The second-order valence-corrected chi connectivity index (χ2v) is 4.65. The third kappa shape index (κ3) is 2.24. The molecule has 1 N–H and O–H groups in total. The van der Waals surface area contributed by atoms with E-state index in [0.29, 0.717) is 23.7 Å². The Labute approximate surface area is 108 Å². The van der Waals surface area contributed by atoms with E-state index >= 15 is 0 Å². The van der Waals surface area contributed by atoms with Gasteiger partial charge in [0.1, 0.15) is 5.52 Å². The largest absolute Gasteiger partial charge is 0.423 e. The number of hydrogen-bond donors (Lipinski definition) is 1. The van der Waals surface area contributed by atoms with E-state index < -0.39 is 4.92 Å². The number of nitrogens with zero attached hydrogens (tertiary/aromatic N) is 3. The normalized spacial score (nSPS) is 19.8. The number of hydrogen-bond acceptors (Lipinski definition) is 6. The zero-order valence-corrected chi connectivity index (χ0v) is 10.2. The van der Waals surface area contributed by atoms with Crippen molar-refractivity contribution in [2.45, 2.75) is 18.9 Å². The van der Waals surface area contributed by atoms with Gasteiger partial charge in [0.25, 0.3) is 11.7 Å². The van der Waals surface area contributed by atoms with E-state index in [1.54, 1.807) is 6.07 Å². The molecule has 19 heavy (non-hydrogen) atoms. The molecule has 1 fully saturated rings. The number of fused-ring (bicyclic) bond motifs is 1. The first-order valence-electron chi connectivity index (χ1n) is 6.11. The summed E-state index contributed by atoms with van der Waals surface area (Å²) in [6.45, 7) is 1.25. The molecular weight excluding hydrogens is 250 g/mol. The lowest BCUT2D eigenvalue weighted by Crippen LogP contribution is -2.38. The smallest absolute Gasteiger partial charge is 0.298 e. The van der Waals surface area contributed by atoms with E-state index in [9.17, 15) is 15.2 Å². The molecule has 1 atom stereocenters. The number of aliphatic hydroxyl groups excluding tert-OH is 1. The summed E-state index contributed by atoms with van der Waals surface area (Å²) in [4.78, 5) is 16.4. The van der Waals surface area contributed by atoms with Crippen LogP contribution in [0.2, 0.25) is 0 Å². The Morgan fingerprint density at radius 1 is 1.53 bits per heavy atom. The van der Waals surface area contributed by atoms with Crippen molar-refractivity contribution in [1.82, 2.24) is 4.98 Å². The van der Waals surface area contributed by atoms with Crippen molar-refractivity contribution < 1.29 is 14.4 Å². The van der Waals surface area contributed by atoms with Crippen LogP contribution < -0.4 is 4.90 Å². The fraction of sp³-hybridized carbons (Fsp3) is 0.417. The lowest BCUT2D eigenvalue weighted by molar-refractivity contribution is -0.384. The summed E-state index contributed by atoms with van der Waals surface area (Å²) >= 11 is 0. The maximum absolute atomic E-state index is 10.7. The molecule has 1 aliphatic heterocycles. The molecule has 0 bridgehead atoms. The molecule has 100 valence electrons. The maximum Gasteiger partial charge on any atom is 0.298 e. The third-order valence-electron chi connectivity index (χ3n) is 3.24. The molecule has 0 radical (unpaired) electrons. The Hall–Kier alpha value is -2.15. The number of anilines is 1. The minimum absolute atomic E-state index is 0.00831. The van der Waals surface area contributed by atoms with Crippen LogP contribution in [0.4, 0.5) is 11.7 Å². The summed E-state index contributed by atoms with van der Waals surface area (Å²) in [6, 6.07) is 4.74. The highest BCUT2D eigenvalue weighted by Crippen LogP contribution is 2.27. The van der Waals surface area contributed by atoms with Gasteiger partial charge in [-0.15, -0.1) is 0 Å². The fourth-order valence-corrected chi connectivity index (χ4v) is 2.28. The number of rotatable bonds is 2. The second kappa shape index (κ2) is 4.51. The molecule has 2 heterocycles. The highest BCUT2D eigenvalue weighted by Gasteiger charge is 2.22. The van der Waals surface area contributed by atoms with E-state index in [1.807, 2.05) is 4.90 Å². The van der Waals surface area contributed by atoms with E-state index in [-0.39, 0.29) is 11.8 Å². The molecule has 1 saturated heterocycles. The molecule has 0 amide bonds. The third-order valence-corrected chi connectivity index (χ3v) is 3.24. The molecule has 1 aromatic carbocycles. The van der Waals surface area contributed by atoms with Crippen LogP contribution in [0.5, 0.6) is 0 Å². The summed E-state index contributed by atoms with van der Waals surface area (Å²) < 4.78 is 5.57. The molecule has 0 aliphatic carbocycles. The molecule has 0 saturated carbocycles. The Bertz CT molecular complexity index is 624. The van der Waals surface area contributed by atoms with Crippen LogP contribution in [0.25, 0.3) is 11.1 Å². The number of non-ortho nitro benzene ring substituents is 1. The predicted octanol–water partition coefficient (Wildman–Crippen LogP) is 1.70. The first-order valence-corrected chi connectivity index (χ1v) is 6.11. The number of piperidine rings is 1. The average Bonchev–Trinajstić information content (AvgIpc) is 2.81. The number of benzene rings is 1. The maximum atomic E-state index is 10.7. The summed E-state index contributed by atoms with van der Waals surface area (Å²) in [5.74, 6) is 0. The number of β-amino-alcohol motifs (C(OH)–C–C–N with tert-alkyl or cyclic N) is 1. The summed E-state index contributed by atoms with van der Waals surface area (Å²) in [6.07, 6.45) is 1.28. The second-order valence-electron chi connectivity index (χ2n) is 4.65. The Balaban J connectivity index is 1.94. The summed E-state index contributed by atoms with van der Waals surface area (Å²) in [5, 5.41) is 20.3. The van der Waals surface area contributed by atoms with Gasteiger partial charge in [0.2, 0.25) is 0 Å². The molecule has 1 aliphatic rings. The van der Waals surface area contributed by atoms with Gasteiger partial charge in [-0.2, -0.15) is 4.98 Å². The Morgan fingerprint density at radius 2 is 2.37 bits per heavy atom. The van der Waals surface area contributed by atoms with Gasteiger partial charge in [-0.25, -0.2) is 0 Å². The summed E-state index contributed by atoms with van der Waals surface area (Å²) in [5.41, 5.74) is 0.968. The van der Waals surface area contributed by atoms with Crippen molar-refractivity contribution >= 4 is 22.8 Å². The predicted molar refractivity (Wildman–Crippen MR) is 68.1 cm³/mol. The quantitative estimate of drug-likeness (QED) is 0.654. The molecule has 1 aromatic heterocycles. The fourth-order valence-electron chi connectivity index (χ4n) is 2.28. The van der Waals surface area contributed by atoms with Gasteiger partial charge < -0.3 is 14.4 Å².